The molecule has 0 aromatic carbocycles. The molecule has 1 aromatic rings. The number of hydrogen-bond acceptors (Lipinski definition) is 2. The lowest BCUT2D eigenvalue weighted by atomic mass is 10.1. The van der Waals surface area contributed by atoms with E-state index in [-0.39, 0.29) is 4.47 Å². The molecule has 0 aliphatic rings. The van der Waals surface area contributed by atoms with Gasteiger partial charge in [-0.2, -0.15) is 26.3 Å². The van der Waals surface area contributed by atoms with E-state index in [4.69, 9.17) is 0 Å². The van der Waals surface area contributed by atoms with Crippen LogP contribution in [0.25, 0.3) is 0 Å². The molecular formula is C10H9BrF6N2. The molecule has 0 saturated carbocycles. The molecule has 0 aliphatic heterocycles. The third-order valence-electron chi connectivity index (χ3n) is 2.31. The number of rotatable bonds is 2. The van der Waals surface area contributed by atoms with E-state index >= 15 is 0 Å². The Balaban J connectivity index is 3.12. The van der Waals surface area contributed by atoms with Gasteiger partial charge in [-0.1, -0.05) is 0 Å². The molecule has 9 heteroatoms. The molecule has 1 rings (SSSR count). The van der Waals surface area contributed by atoms with Crippen molar-refractivity contribution in [1.82, 2.24) is 4.98 Å². The van der Waals surface area contributed by atoms with Crippen LogP contribution in [0.2, 0.25) is 0 Å². The first-order valence-electron chi connectivity index (χ1n) is 4.92. The molecule has 0 aliphatic carbocycles. The highest BCUT2D eigenvalue weighted by Crippen LogP contribution is 2.37. The molecule has 108 valence electrons. The monoisotopic (exact) mass is 350 g/mol. The Morgan fingerprint density at radius 3 is 2.05 bits per heavy atom. The van der Waals surface area contributed by atoms with Crippen molar-refractivity contribution in [3.05, 3.63) is 22.3 Å². The van der Waals surface area contributed by atoms with Gasteiger partial charge in [0.1, 0.15) is 11.4 Å². The normalized spacial score (nSPS) is 13.5. The molecule has 0 unspecified atom stereocenters. The SMILES string of the molecule is CC(C)(Nc1cc(C(F)(F)F)c(Br)cn1)C(F)(F)F. The zero-order valence-corrected chi connectivity index (χ0v) is 11.3. The molecular weight excluding hydrogens is 342 g/mol. The molecule has 1 N–H and O–H groups in total. The number of aromatic nitrogens is 1. The van der Waals surface area contributed by atoms with Gasteiger partial charge in [-0.25, -0.2) is 4.98 Å². The van der Waals surface area contributed by atoms with Crippen LogP contribution in [0.1, 0.15) is 19.4 Å². The fourth-order valence-electron chi connectivity index (χ4n) is 1.12. The molecule has 1 aromatic heterocycles. The van der Waals surface area contributed by atoms with Crippen LogP contribution in [0.4, 0.5) is 32.2 Å². The number of alkyl halides is 6. The largest absolute Gasteiger partial charge is 0.417 e. The van der Waals surface area contributed by atoms with Gasteiger partial charge in [0, 0.05) is 10.7 Å². The molecule has 0 spiro atoms. The lowest BCUT2D eigenvalue weighted by Crippen LogP contribution is -2.46. The second-order valence-electron chi connectivity index (χ2n) is 4.29. The van der Waals surface area contributed by atoms with Crippen LogP contribution >= 0.6 is 15.9 Å². The van der Waals surface area contributed by atoms with Gasteiger partial charge in [0.05, 0.1) is 5.56 Å². The number of nitrogens with zero attached hydrogens (tertiary/aromatic N) is 1. The van der Waals surface area contributed by atoms with Gasteiger partial charge in [-0.3, -0.25) is 0 Å². The summed E-state index contributed by atoms with van der Waals surface area (Å²) in [6.07, 6.45) is -8.50. The topological polar surface area (TPSA) is 24.9 Å². The zero-order chi connectivity index (χ0) is 15.1. The summed E-state index contributed by atoms with van der Waals surface area (Å²) in [5, 5.41) is 1.94. The van der Waals surface area contributed by atoms with Crippen LogP contribution in [0, 0.1) is 0 Å². The number of nitrogens with one attached hydrogen (secondary N) is 1. The maximum Gasteiger partial charge on any atom is 0.417 e. The average Bonchev–Trinajstić information content (AvgIpc) is 2.17. The molecule has 0 fully saturated rings. The minimum atomic E-state index is -4.68. The zero-order valence-electron chi connectivity index (χ0n) is 9.75. The van der Waals surface area contributed by atoms with E-state index in [2.05, 4.69) is 20.9 Å². The Bertz CT molecular complexity index is 466. The molecule has 1 heterocycles. The highest BCUT2D eigenvalue weighted by molar-refractivity contribution is 9.10. The van der Waals surface area contributed by atoms with Crippen LogP contribution in [0.5, 0.6) is 0 Å². The number of pyridine rings is 1. The molecule has 19 heavy (non-hydrogen) atoms. The van der Waals surface area contributed by atoms with Gasteiger partial charge < -0.3 is 5.32 Å². The number of hydrogen-bond donors (Lipinski definition) is 1. The van der Waals surface area contributed by atoms with Gasteiger partial charge >= 0.3 is 12.4 Å². The van der Waals surface area contributed by atoms with Crippen molar-refractivity contribution in [3.63, 3.8) is 0 Å². The van der Waals surface area contributed by atoms with Crippen molar-refractivity contribution in [2.45, 2.75) is 31.7 Å². The highest BCUT2D eigenvalue weighted by atomic mass is 79.9. The summed E-state index contributed by atoms with van der Waals surface area (Å²) in [6, 6.07) is 0.525. The summed E-state index contributed by atoms with van der Waals surface area (Å²) in [4.78, 5) is 3.49. The van der Waals surface area contributed by atoms with Gasteiger partial charge in [0.25, 0.3) is 0 Å². The minimum absolute atomic E-state index is 0.338. The van der Waals surface area contributed by atoms with Crippen LogP contribution in [0.15, 0.2) is 16.7 Å². The first kappa shape index (κ1) is 16.1. The Morgan fingerprint density at radius 1 is 1.11 bits per heavy atom. The molecule has 2 nitrogen and oxygen atoms in total. The maximum atomic E-state index is 12.6. The lowest BCUT2D eigenvalue weighted by Gasteiger charge is -2.29. The summed E-state index contributed by atoms with van der Waals surface area (Å²) in [7, 11) is 0. The van der Waals surface area contributed by atoms with E-state index in [0.29, 0.717) is 6.07 Å². The Hall–Kier alpha value is -0.990. The van der Waals surface area contributed by atoms with E-state index in [1.807, 2.05) is 5.32 Å². The Morgan fingerprint density at radius 2 is 1.63 bits per heavy atom. The third-order valence-corrected chi connectivity index (χ3v) is 2.94. The van der Waals surface area contributed by atoms with Crippen molar-refractivity contribution >= 4 is 21.7 Å². The van der Waals surface area contributed by atoms with E-state index in [9.17, 15) is 26.3 Å². The molecule has 0 amide bonds. The Labute approximate surface area is 113 Å². The van der Waals surface area contributed by atoms with Gasteiger partial charge in [0.15, 0.2) is 0 Å². The fourth-order valence-corrected chi connectivity index (χ4v) is 1.56. The smallest absolute Gasteiger partial charge is 0.357 e. The standard InChI is InChI=1S/C10H9BrF6N2/c1-8(2,10(15,16)17)19-7-3-5(9(12,13)14)6(11)4-18-7/h3-4H,1-2H3,(H,18,19). The van der Waals surface area contributed by atoms with Gasteiger partial charge in [0.2, 0.25) is 0 Å². The van der Waals surface area contributed by atoms with Crippen LogP contribution in [0.3, 0.4) is 0 Å². The quantitative estimate of drug-likeness (QED) is 0.787. The molecule has 0 atom stereocenters. The molecule has 0 bridgehead atoms. The number of halogens is 7. The van der Waals surface area contributed by atoms with E-state index in [1.54, 1.807) is 0 Å². The first-order chi connectivity index (χ1) is 8.34. The van der Waals surface area contributed by atoms with Crippen molar-refractivity contribution < 1.29 is 26.3 Å². The van der Waals surface area contributed by atoms with E-state index in [0.717, 1.165) is 20.0 Å². The number of anilines is 1. The minimum Gasteiger partial charge on any atom is -0.357 e. The van der Waals surface area contributed by atoms with Crippen molar-refractivity contribution in [3.8, 4) is 0 Å². The average molecular weight is 351 g/mol. The molecule has 0 radical (unpaired) electrons. The summed E-state index contributed by atoms with van der Waals surface area (Å²) >= 11 is 2.65. The second kappa shape index (κ2) is 4.84. The second-order valence-corrected chi connectivity index (χ2v) is 5.15. The summed E-state index contributed by atoms with van der Waals surface area (Å²) < 4.78 is 75.3. The summed E-state index contributed by atoms with van der Waals surface area (Å²) in [5.74, 6) is -0.502. The van der Waals surface area contributed by atoms with Gasteiger partial charge in [-0.05, 0) is 35.8 Å². The predicted molar refractivity (Wildman–Crippen MR) is 60.7 cm³/mol. The summed E-state index contributed by atoms with van der Waals surface area (Å²) in [5.41, 5.74) is -3.49. The van der Waals surface area contributed by atoms with Crippen molar-refractivity contribution in [1.29, 1.82) is 0 Å². The predicted octanol–water partition coefficient (Wildman–Crippen LogP) is 4.62. The summed E-state index contributed by atoms with van der Waals surface area (Å²) in [6.45, 7) is 1.62. The third kappa shape index (κ3) is 3.74. The highest BCUT2D eigenvalue weighted by Gasteiger charge is 2.47. The molecule has 0 saturated heterocycles. The lowest BCUT2D eigenvalue weighted by molar-refractivity contribution is -0.168. The van der Waals surface area contributed by atoms with Crippen molar-refractivity contribution in [2.24, 2.45) is 0 Å². The Kier molecular flexibility index (Phi) is 4.09. The van der Waals surface area contributed by atoms with E-state index < -0.39 is 29.3 Å². The van der Waals surface area contributed by atoms with Crippen LogP contribution in [-0.4, -0.2) is 16.7 Å². The maximum absolute atomic E-state index is 12.6. The van der Waals surface area contributed by atoms with Crippen LogP contribution in [-0.2, 0) is 6.18 Å². The van der Waals surface area contributed by atoms with Gasteiger partial charge in [-0.15, -0.1) is 0 Å². The first-order valence-corrected chi connectivity index (χ1v) is 5.71. The van der Waals surface area contributed by atoms with Crippen molar-refractivity contribution in [2.75, 3.05) is 5.32 Å². The van der Waals surface area contributed by atoms with E-state index in [1.165, 1.54) is 0 Å². The van der Waals surface area contributed by atoms with Crippen LogP contribution < -0.4 is 5.32 Å². The fraction of sp³-hybridized carbons (Fsp3) is 0.500.